The Hall–Kier alpha value is -0.610. The average Bonchev–Trinajstić information content (AvgIpc) is 2.47. The molecule has 4 nitrogen and oxygen atoms in total. The molecular weight excluding hydrogens is 202 g/mol. The van der Waals surface area contributed by atoms with Crippen LogP contribution >= 0.6 is 0 Å². The second-order valence-corrected chi connectivity index (χ2v) is 6.09. The van der Waals surface area contributed by atoms with Crippen molar-refractivity contribution in [2.45, 2.75) is 58.2 Å². The summed E-state index contributed by atoms with van der Waals surface area (Å²) in [6.45, 7) is 12.2. The van der Waals surface area contributed by atoms with Crippen molar-refractivity contribution < 1.29 is 4.79 Å². The summed E-state index contributed by atoms with van der Waals surface area (Å²) in [5, 5.41) is 3.34. The van der Waals surface area contributed by atoms with E-state index < -0.39 is 5.54 Å². The normalized spacial score (nSPS) is 27.6. The lowest BCUT2D eigenvalue weighted by molar-refractivity contribution is -0.124. The molecule has 94 valence electrons. The first kappa shape index (κ1) is 13.5. The predicted molar refractivity (Wildman–Crippen MR) is 66.1 cm³/mol. The molecule has 0 saturated carbocycles. The number of primary amides is 1. The molecule has 0 aromatic rings. The van der Waals surface area contributed by atoms with Gasteiger partial charge in [-0.25, -0.2) is 0 Å². The lowest BCUT2D eigenvalue weighted by Gasteiger charge is -2.35. The Morgan fingerprint density at radius 2 is 2.00 bits per heavy atom. The van der Waals surface area contributed by atoms with E-state index in [0.717, 1.165) is 13.0 Å². The summed E-state index contributed by atoms with van der Waals surface area (Å²) < 4.78 is 0. The van der Waals surface area contributed by atoms with Gasteiger partial charge in [-0.1, -0.05) is 0 Å². The zero-order valence-corrected chi connectivity index (χ0v) is 11.1. The average molecular weight is 227 g/mol. The summed E-state index contributed by atoms with van der Waals surface area (Å²) in [6.07, 6.45) is 0.803. The number of carbonyl (C=O) groups excluding carboxylic acids is 1. The maximum Gasteiger partial charge on any atom is 0.239 e. The number of amides is 1. The largest absolute Gasteiger partial charge is 0.368 e. The molecule has 0 aromatic carbocycles. The molecule has 1 amide bonds. The van der Waals surface area contributed by atoms with Crippen LogP contribution in [-0.2, 0) is 4.79 Å². The van der Waals surface area contributed by atoms with Crippen LogP contribution in [0.4, 0.5) is 0 Å². The van der Waals surface area contributed by atoms with E-state index in [2.05, 4.69) is 31.0 Å². The van der Waals surface area contributed by atoms with E-state index in [1.165, 1.54) is 0 Å². The van der Waals surface area contributed by atoms with Crippen LogP contribution in [0.15, 0.2) is 0 Å². The van der Waals surface area contributed by atoms with Crippen molar-refractivity contribution in [1.82, 2.24) is 10.2 Å². The fraction of sp³-hybridized carbons (Fsp3) is 0.917. The van der Waals surface area contributed by atoms with Crippen molar-refractivity contribution in [3.05, 3.63) is 0 Å². The van der Waals surface area contributed by atoms with Crippen molar-refractivity contribution in [2.75, 3.05) is 13.1 Å². The molecule has 1 rings (SSSR count). The third-order valence-corrected chi connectivity index (χ3v) is 3.25. The number of nitrogens with two attached hydrogens (primary N) is 1. The van der Waals surface area contributed by atoms with E-state index in [0.29, 0.717) is 6.54 Å². The van der Waals surface area contributed by atoms with E-state index in [-0.39, 0.29) is 17.5 Å². The van der Waals surface area contributed by atoms with Crippen molar-refractivity contribution in [2.24, 2.45) is 5.73 Å². The van der Waals surface area contributed by atoms with Crippen LogP contribution in [0.5, 0.6) is 0 Å². The van der Waals surface area contributed by atoms with Gasteiger partial charge in [0.25, 0.3) is 0 Å². The van der Waals surface area contributed by atoms with Gasteiger partial charge in [0.1, 0.15) is 5.54 Å². The van der Waals surface area contributed by atoms with Gasteiger partial charge in [0.2, 0.25) is 5.91 Å². The van der Waals surface area contributed by atoms with E-state index in [1.807, 2.05) is 13.8 Å². The van der Waals surface area contributed by atoms with Gasteiger partial charge in [0.05, 0.1) is 0 Å². The molecule has 0 spiro atoms. The number of hydrogen-bond acceptors (Lipinski definition) is 3. The van der Waals surface area contributed by atoms with E-state index in [1.54, 1.807) is 0 Å². The second kappa shape index (κ2) is 4.34. The lowest BCUT2D eigenvalue weighted by Crippen LogP contribution is -2.60. The SMILES string of the molecule is CC(C)NC1(C(N)=O)CCN(C(C)(C)C)C1. The third-order valence-electron chi connectivity index (χ3n) is 3.25. The van der Waals surface area contributed by atoms with Gasteiger partial charge >= 0.3 is 0 Å². The number of nitrogens with zero attached hydrogens (tertiary/aromatic N) is 1. The minimum Gasteiger partial charge on any atom is -0.368 e. The molecule has 1 aliphatic heterocycles. The molecule has 1 saturated heterocycles. The van der Waals surface area contributed by atoms with E-state index in [4.69, 9.17) is 5.73 Å². The van der Waals surface area contributed by atoms with Gasteiger partial charge in [-0.2, -0.15) is 0 Å². The van der Waals surface area contributed by atoms with Crippen LogP contribution < -0.4 is 11.1 Å². The van der Waals surface area contributed by atoms with Crippen molar-refractivity contribution >= 4 is 5.91 Å². The Kier molecular flexibility index (Phi) is 3.65. The summed E-state index contributed by atoms with van der Waals surface area (Å²) >= 11 is 0. The summed E-state index contributed by atoms with van der Waals surface area (Å²) in [5.41, 5.74) is 5.11. The van der Waals surface area contributed by atoms with Gasteiger partial charge < -0.3 is 5.73 Å². The van der Waals surface area contributed by atoms with Gasteiger partial charge in [0.15, 0.2) is 0 Å². The lowest BCUT2D eigenvalue weighted by atomic mass is 9.96. The van der Waals surface area contributed by atoms with Crippen molar-refractivity contribution in [1.29, 1.82) is 0 Å². The predicted octanol–water partition coefficient (Wildman–Crippen LogP) is 0.713. The summed E-state index contributed by atoms with van der Waals surface area (Å²) in [4.78, 5) is 14.0. The standard InChI is InChI=1S/C12H25N3O/c1-9(2)14-12(10(13)16)6-7-15(8-12)11(3,4)5/h9,14H,6-8H2,1-5H3,(H2,13,16). The molecular formula is C12H25N3O. The van der Waals surface area contributed by atoms with Crippen molar-refractivity contribution in [3.63, 3.8) is 0 Å². The molecule has 1 fully saturated rings. The van der Waals surface area contributed by atoms with Crippen LogP contribution in [0.1, 0.15) is 41.0 Å². The number of nitrogens with one attached hydrogen (secondary N) is 1. The molecule has 4 heteroatoms. The summed E-state index contributed by atoms with van der Waals surface area (Å²) in [7, 11) is 0. The molecule has 1 atom stereocenters. The highest BCUT2D eigenvalue weighted by Gasteiger charge is 2.45. The van der Waals surface area contributed by atoms with Gasteiger partial charge in [-0.15, -0.1) is 0 Å². The van der Waals surface area contributed by atoms with Gasteiger partial charge in [0, 0.05) is 24.7 Å². The van der Waals surface area contributed by atoms with Gasteiger partial charge in [-0.05, 0) is 41.0 Å². The molecule has 3 N–H and O–H groups in total. The highest BCUT2D eigenvalue weighted by molar-refractivity contribution is 5.85. The number of rotatable bonds is 3. The Bertz CT molecular complexity index is 270. The maximum atomic E-state index is 11.7. The van der Waals surface area contributed by atoms with Crippen LogP contribution in [-0.4, -0.2) is 41.0 Å². The monoisotopic (exact) mass is 227 g/mol. The minimum absolute atomic E-state index is 0.0931. The zero-order chi connectivity index (χ0) is 12.6. The first-order valence-electron chi connectivity index (χ1n) is 6.00. The van der Waals surface area contributed by atoms with E-state index >= 15 is 0 Å². The van der Waals surface area contributed by atoms with Crippen LogP contribution in [0, 0.1) is 0 Å². The summed E-state index contributed by atoms with van der Waals surface area (Å²) in [6, 6.07) is 0.271. The van der Waals surface area contributed by atoms with E-state index in [9.17, 15) is 4.79 Å². The molecule has 1 unspecified atom stereocenters. The second-order valence-electron chi connectivity index (χ2n) is 6.09. The number of hydrogen-bond donors (Lipinski definition) is 2. The quantitative estimate of drug-likeness (QED) is 0.746. The molecule has 1 aliphatic rings. The number of carbonyl (C=O) groups is 1. The fourth-order valence-electron chi connectivity index (χ4n) is 2.32. The van der Waals surface area contributed by atoms with Gasteiger partial charge in [-0.3, -0.25) is 15.0 Å². The molecule has 16 heavy (non-hydrogen) atoms. The van der Waals surface area contributed by atoms with Crippen LogP contribution in [0.2, 0.25) is 0 Å². The third kappa shape index (κ3) is 2.74. The van der Waals surface area contributed by atoms with Crippen molar-refractivity contribution in [3.8, 4) is 0 Å². The zero-order valence-electron chi connectivity index (χ0n) is 11.1. The Morgan fingerprint density at radius 1 is 1.44 bits per heavy atom. The summed E-state index contributed by atoms with van der Waals surface area (Å²) in [5.74, 6) is -0.229. The Labute approximate surface area is 98.6 Å². The first-order valence-corrected chi connectivity index (χ1v) is 6.00. The maximum absolute atomic E-state index is 11.7. The highest BCUT2D eigenvalue weighted by Crippen LogP contribution is 2.27. The number of likely N-dealkylation sites (tertiary alicyclic amines) is 1. The highest BCUT2D eigenvalue weighted by atomic mass is 16.1. The minimum atomic E-state index is -0.540. The smallest absolute Gasteiger partial charge is 0.239 e. The topological polar surface area (TPSA) is 58.4 Å². The molecule has 0 radical (unpaired) electrons. The van der Waals surface area contributed by atoms with Crippen LogP contribution in [0.25, 0.3) is 0 Å². The molecule has 0 bridgehead atoms. The molecule has 1 heterocycles. The Morgan fingerprint density at radius 3 is 2.31 bits per heavy atom. The molecule has 0 aliphatic carbocycles. The first-order chi connectivity index (χ1) is 7.17. The molecule has 0 aromatic heterocycles. The Balaban J connectivity index is 2.81. The fourth-order valence-corrected chi connectivity index (χ4v) is 2.32. The van der Waals surface area contributed by atoms with Crippen LogP contribution in [0.3, 0.4) is 0 Å².